The molecule has 0 saturated heterocycles. The van der Waals surface area contributed by atoms with Gasteiger partial charge in [-0.3, -0.25) is 10.1 Å². The number of benzene rings is 1. The Morgan fingerprint density at radius 3 is 2.91 bits per heavy atom. The van der Waals surface area contributed by atoms with E-state index in [1.807, 2.05) is 6.07 Å². The molecule has 0 radical (unpaired) electrons. The molecule has 0 saturated carbocycles. The second-order valence-corrected chi connectivity index (χ2v) is 5.00. The second-order valence-electron chi connectivity index (χ2n) is 4.64. The summed E-state index contributed by atoms with van der Waals surface area (Å²) in [4.78, 5) is 21.9. The highest BCUT2D eigenvalue weighted by Crippen LogP contribution is 2.37. The fourth-order valence-corrected chi connectivity index (χ4v) is 2.52. The first-order chi connectivity index (χ1) is 10.7. The molecule has 1 aromatic carbocycles. The van der Waals surface area contributed by atoms with Crippen LogP contribution < -0.4 is 5.32 Å². The molecule has 0 aliphatic heterocycles. The maximum absolute atomic E-state index is 11.3. The van der Waals surface area contributed by atoms with Gasteiger partial charge in [-0.15, -0.1) is 0 Å². The van der Waals surface area contributed by atoms with Crippen molar-refractivity contribution >= 4 is 33.9 Å². The number of hydrogen-bond acceptors (Lipinski definition) is 5. The van der Waals surface area contributed by atoms with Gasteiger partial charge in [0, 0.05) is 24.5 Å². The van der Waals surface area contributed by atoms with Gasteiger partial charge in [-0.25, -0.2) is 9.97 Å². The van der Waals surface area contributed by atoms with Crippen LogP contribution in [0.3, 0.4) is 0 Å². The Labute approximate surface area is 130 Å². The van der Waals surface area contributed by atoms with Crippen molar-refractivity contribution in [3.8, 4) is 0 Å². The van der Waals surface area contributed by atoms with Crippen molar-refractivity contribution in [1.82, 2.24) is 15.0 Å². The summed E-state index contributed by atoms with van der Waals surface area (Å²) >= 11 is 5.97. The minimum Gasteiger partial charge on any atom is -0.378 e. The van der Waals surface area contributed by atoms with Gasteiger partial charge in [0.25, 0.3) is 0 Å². The number of nitrogens with zero attached hydrogens (tertiary/aromatic N) is 3. The predicted octanol–water partition coefficient (Wildman–Crippen LogP) is 3.17. The summed E-state index contributed by atoms with van der Waals surface area (Å²) in [5, 5.41) is 14.9. The Balaban J connectivity index is 1.97. The summed E-state index contributed by atoms with van der Waals surface area (Å²) in [6.07, 6.45) is 4.01. The van der Waals surface area contributed by atoms with Crippen LogP contribution in [0.5, 0.6) is 0 Å². The standard InChI is InChI=1S/C14H12ClN5O2/c15-14-13(20(21)22)12(10-3-1-2-4-11(10)19-14)17-6-5-9-7-16-8-18-9/h1-4,7-8H,5-6H2,(H,16,18)(H,17,19). The minimum atomic E-state index is -0.515. The lowest BCUT2D eigenvalue weighted by Crippen LogP contribution is -2.08. The largest absolute Gasteiger partial charge is 0.378 e. The summed E-state index contributed by atoms with van der Waals surface area (Å²) < 4.78 is 0. The Bertz CT molecular complexity index is 819. The Morgan fingerprint density at radius 1 is 1.36 bits per heavy atom. The molecule has 0 fully saturated rings. The topological polar surface area (TPSA) is 96.7 Å². The van der Waals surface area contributed by atoms with Gasteiger partial charge >= 0.3 is 5.69 Å². The van der Waals surface area contributed by atoms with Crippen LogP contribution in [0, 0.1) is 10.1 Å². The highest BCUT2D eigenvalue weighted by molar-refractivity contribution is 6.33. The van der Waals surface area contributed by atoms with Crippen LogP contribution in [0.1, 0.15) is 5.69 Å². The first kappa shape index (κ1) is 14.3. The fourth-order valence-electron chi connectivity index (χ4n) is 2.26. The van der Waals surface area contributed by atoms with Gasteiger partial charge in [0.2, 0.25) is 5.15 Å². The van der Waals surface area contributed by atoms with Gasteiger partial charge in [0.05, 0.1) is 22.5 Å². The zero-order chi connectivity index (χ0) is 15.5. The Kier molecular flexibility index (Phi) is 3.88. The van der Waals surface area contributed by atoms with Gasteiger partial charge in [-0.05, 0) is 6.07 Å². The van der Waals surface area contributed by atoms with Gasteiger partial charge < -0.3 is 10.3 Å². The summed E-state index contributed by atoms with van der Waals surface area (Å²) in [6.45, 7) is 0.496. The van der Waals surface area contributed by atoms with E-state index in [0.29, 0.717) is 29.6 Å². The van der Waals surface area contributed by atoms with Gasteiger partial charge in [-0.1, -0.05) is 29.8 Å². The number of nitro groups is 1. The van der Waals surface area contributed by atoms with Crippen LogP contribution in [0.4, 0.5) is 11.4 Å². The summed E-state index contributed by atoms with van der Waals surface area (Å²) in [7, 11) is 0. The molecule has 112 valence electrons. The normalized spacial score (nSPS) is 10.8. The van der Waals surface area contributed by atoms with E-state index in [0.717, 1.165) is 5.69 Å². The van der Waals surface area contributed by atoms with E-state index in [1.165, 1.54) is 0 Å². The van der Waals surface area contributed by atoms with Crippen molar-refractivity contribution in [1.29, 1.82) is 0 Å². The molecule has 0 spiro atoms. The third kappa shape index (κ3) is 2.71. The van der Waals surface area contributed by atoms with E-state index >= 15 is 0 Å². The quantitative estimate of drug-likeness (QED) is 0.428. The highest BCUT2D eigenvalue weighted by Gasteiger charge is 2.23. The Hall–Kier alpha value is -2.67. The third-order valence-electron chi connectivity index (χ3n) is 3.24. The molecule has 0 aliphatic carbocycles. The molecule has 3 rings (SSSR count). The van der Waals surface area contributed by atoms with E-state index in [4.69, 9.17) is 11.6 Å². The first-order valence-corrected chi connectivity index (χ1v) is 6.99. The number of anilines is 1. The summed E-state index contributed by atoms with van der Waals surface area (Å²) in [5.74, 6) is 0. The van der Waals surface area contributed by atoms with Crippen LogP contribution in [-0.4, -0.2) is 26.4 Å². The lowest BCUT2D eigenvalue weighted by molar-refractivity contribution is -0.384. The number of H-pyrrole nitrogens is 1. The molecule has 22 heavy (non-hydrogen) atoms. The number of aromatic nitrogens is 3. The molecule has 0 amide bonds. The molecule has 2 aromatic heterocycles. The minimum absolute atomic E-state index is 0.119. The van der Waals surface area contributed by atoms with Gasteiger partial charge in [-0.2, -0.15) is 0 Å². The zero-order valence-corrected chi connectivity index (χ0v) is 12.2. The lowest BCUT2D eigenvalue weighted by atomic mass is 10.1. The smallest absolute Gasteiger partial charge is 0.329 e. The SMILES string of the molecule is O=[N+]([O-])c1c(Cl)nc2ccccc2c1NCCc1c[nH]cn1. The van der Waals surface area contributed by atoms with Crippen molar-refractivity contribution in [3.05, 3.63) is 57.8 Å². The number of fused-ring (bicyclic) bond motifs is 1. The number of imidazole rings is 1. The fraction of sp³-hybridized carbons (Fsp3) is 0.143. The highest BCUT2D eigenvalue weighted by atomic mass is 35.5. The van der Waals surface area contributed by atoms with Crippen molar-refractivity contribution in [2.45, 2.75) is 6.42 Å². The molecule has 0 bridgehead atoms. The van der Waals surface area contributed by atoms with Gasteiger partial charge in [0.15, 0.2) is 0 Å². The van der Waals surface area contributed by atoms with Gasteiger partial charge in [0.1, 0.15) is 5.69 Å². The number of aromatic amines is 1. The molecule has 0 atom stereocenters. The summed E-state index contributed by atoms with van der Waals surface area (Å²) in [5.41, 5.74) is 1.67. The van der Waals surface area contributed by atoms with Crippen LogP contribution in [0.2, 0.25) is 5.15 Å². The number of halogens is 1. The van der Waals surface area contributed by atoms with E-state index < -0.39 is 4.92 Å². The van der Waals surface area contributed by atoms with E-state index in [-0.39, 0.29) is 10.8 Å². The number of hydrogen-bond donors (Lipinski definition) is 2. The second kappa shape index (κ2) is 5.98. The van der Waals surface area contributed by atoms with Crippen molar-refractivity contribution in [3.63, 3.8) is 0 Å². The third-order valence-corrected chi connectivity index (χ3v) is 3.51. The van der Waals surface area contributed by atoms with Crippen molar-refractivity contribution in [2.75, 3.05) is 11.9 Å². The molecule has 8 heteroatoms. The lowest BCUT2D eigenvalue weighted by Gasteiger charge is -2.10. The monoisotopic (exact) mass is 317 g/mol. The van der Waals surface area contributed by atoms with Crippen LogP contribution in [0.25, 0.3) is 10.9 Å². The van der Waals surface area contributed by atoms with Crippen molar-refractivity contribution in [2.24, 2.45) is 0 Å². The number of rotatable bonds is 5. The molecular weight excluding hydrogens is 306 g/mol. The average molecular weight is 318 g/mol. The molecule has 7 nitrogen and oxygen atoms in total. The molecule has 3 aromatic rings. The van der Waals surface area contributed by atoms with E-state index in [9.17, 15) is 10.1 Å². The maximum atomic E-state index is 11.3. The first-order valence-electron chi connectivity index (χ1n) is 6.61. The molecule has 0 aliphatic rings. The van der Waals surface area contributed by atoms with Crippen LogP contribution in [0.15, 0.2) is 36.8 Å². The molecular formula is C14H12ClN5O2. The number of pyridine rings is 1. The molecule has 2 N–H and O–H groups in total. The zero-order valence-electron chi connectivity index (χ0n) is 11.4. The maximum Gasteiger partial charge on any atom is 0.329 e. The Morgan fingerprint density at radius 2 is 2.18 bits per heavy atom. The predicted molar refractivity (Wildman–Crippen MR) is 84.2 cm³/mol. The summed E-state index contributed by atoms with van der Waals surface area (Å²) in [6, 6.07) is 7.16. The average Bonchev–Trinajstić information content (AvgIpc) is 2.99. The molecule has 2 heterocycles. The van der Waals surface area contributed by atoms with Crippen molar-refractivity contribution < 1.29 is 4.92 Å². The number of para-hydroxylation sites is 1. The van der Waals surface area contributed by atoms with E-state index in [2.05, 4.69) is 20.3 Å². The van der Waals surface area contributed by atoms with Crippen LogP contribution >= 0.6 is 11.6 Å². The van der Waals surface area contributed by atoms with Crippen LogP contribution in [-0.2, 0) is 6.42 Å². The molecule has 0 unspecified atom stereocenters. The number of nitrogens with one attached hydrogen (secondary N) is 2. The van der Waals surface area contributed by atoms with E-state index in [1.54, 1.807) is 30.7 Å².